The molecule has 0 radical (unpaired) electrons. The van der Waals surface area contributed by atoms with Gasteiger partial charge in [-0.2, -0.15) is 11.3 Å². The van der Waals surface area contributed by atoms with Crippen LogP contribution in [0, 0.1) is 11.6 Å². The molecule has 0 fully saturated rings. The van der Waals surface area contributed by atoms with Gasteiger partial charge in [-0.25, -0.2) is 8.78 Å². The molecule has 0 aliphatic carbocycles. The van der Waals surface area contributed by atoms with Crippen LogP contribution < -0.4 is 5.32 Å². The number of hydrogen-bond acceptors (Lipinski definition) is 3. The largest absolute Gasteiger partial charge is 0.387 e. The fourth-order valence-corrected chi connectivity index (χ4v) is 2.45. The lowest BCUT2D eigenvalue weighted by Gasteiger charge is -2.12. The van der Waals surface area contributed by atoms with E-state index >= 15 is 0 Å². The Hall–Kier alpha value is -1.30. The van der Waals surface area contributed by atoms with Gasteiger partial charge >= 0.3 is 0 Å². The Morgan fingerprint density at radius 2 is 2.05 bits per heavy atom. The molecule has 1 heterocycles. The predicted molar refractivity (Wildman–Crippen MR) is 72.2 cm³/mol. The molecule has 19 heavy (non-hydrogen) atoms. The fourth-order valence-electron chi connectivity index (χ4n) is 1.74. The maximum atomic E-state index is 13.0. The molecule has 1 aromatic heterocycles. The molecule has 0 spiro atoms. The van der Waals surface area contributed by atoms with E-state index < -0.39 is 17.7 Å². The van der Waals surface area contributed by atoms with E-state index in [1.54, 1.807) is 11.3 Å². The zero-order chi connectivity index (χ0) is 13.7. The maximum absolute atomic E-state index is 13.0. The number of rotatable bonds is 6. The Kier molecular flexibility index (Phi) is 5.01. The van der Waals surface area contributed by atoms with Crippen molar-refractivity contribution in [3.8, 4) is 0 Å². The van der Waals surface area contributed by atoms with Crippen molar-refractivity contribution >= 4 is 11.3 Å². The number of aliphatic hydroxyl groups is 1. The lowest BCUT2D eigenvalue weighted by Crippen LogP contribution is -2.23. The van der Waals surface area contributed by atoms with Gasteiger partial charge in [0.1, 0.15) is 0 Å². The summed E-state index contributed by atoms with van der Waals surface area (Å²) in [6.45, 7) is 1.05. The topological polar surface area (TPSA) is 32.3 Å². The van der Waals surface area contributed by atoms with Crippen molar-refractivity contribution in [3.63, 3.8) is 0 Å². The zero-order valence-corrected chi connectivity index (χ0v) is 11.1. The quantitative estimate of drug-likeness (QED) is 0.799. The van der Waals surface area contributed by atoms with Crippen LogP contribution in [-0.2, 0) is 6.42 Å². The van der Waals surface area contributed by atoms with Gasteiger partial charge in [-0.1, -0.05) is 6.07 Å². The van der Waals surface area contributed by atoms with Gasteiger partial charge in [0, 0.05) is 6.54 Å². The minimum absolute atomic E-state index is 0.315. The molecule has 0 aliphatic heterocycles. The van der Waals surface area contributed by atoms with Gasteiger partial charge in [-0.15, -0.1) is 0 Å². The van der Waals surface area contributed by atoms with Crippen molar-refractivity contribution in [2.75, 3.05) is 13.1 Å². The van der Waals surface area contributed by atoms with Crippen molar-refractivity contribution in [1.82, 2.24) is 5.32 Å². The Labute approximate surface area is 114 Å². The van der Waals surface area contributed by atoms with Crippen LogP contribution in [0.2, 0.25) is 0 Å². The van der Waals surface area contributed by atoms with E-state index in [2.05, 4.69) is 16.8 Å². The number of nitrogens with one attached hydrogen (secondary N) is 1. The van der Waals surface area contributed by atoms with Gasteiger partial charge in [0.25, 0.3) is 0 Å². The van der Waals surface area contributed by atoms with Gasteiger partial charge in [0.15, 0.2) is 11.6 Å². The summed E-state index contributed by atoms with van der Waals surface area (Å²) >= 11 is 1.65. The van der Waals surface area contributed by atoms with Crippen molar-refractivity contribution < 1.29 is 13.9 Å². The summed E-state index contributed by atoms with van der Waals surface area (Å²) in [6, 6.07) is 5.50. The molecule has 2 rings (SSSR count). The highest BCUT2D eigenvalue weighted by atomic mass is 32.1. The highest BCUT2D eigenvalue weighted by Gasteiger charge is 2.10. The maximum Gasteiger partial charge on any atom is 0.159 e. The van der Waals surface area contributed by atoms with Crippen molar-refractivity contribution in [2.45, 2.75) is 12.5 Å². The van der Waals surface area contributed by atoms with E-state index in [1.165, 1.54) is 11.6 Å². The van der Waals surface area contributed by atoms with Gasteiger partial charge in [0.05, 0.1) is 6.10 Å². The van der Waals surface area contributed by atoms with Crippen LogP contribution in [-0.4, -0.2) is 18.2 Å². The first-order valence-electron chi connectivity index (χ1n) is 6.01. The van der Waals surface area contributed by atoms with E-state index in [0.29, 0.717) is 12.1 Å². The minimum atomic E-state index is -0.935. The molecule has 1 atom stereocenters. The van der Waals surface area contributed by atoms with Crippen LogP contribution in [0.4, 0.5) is 8.78 Å². The number of hydrogen-bond donors (Lipinski definition) is 2. The third kappa shape index (κ3) is 4.09. The molecule has 1 aromatic carbocycles. The first kappa shape index (κ1) is 14.1. The monoisotopic (exact) mass is 283 g/mol. The van der Waals surface area contributed by atoms with Gasteiger partial charge < -0.3 is 10.4 Å². The normalized spacial score (nSPS) is 12.6. The van der Waals surface area contributed by atoms with Crippen molar-refractivity contribution in [1.29, 1.82) is 0 Å². The second kappa shape index (κ2) is 6.75. The van der Waals surface area contributed by atoms with E-state index in [1.807, 2.05) is 5.38 Å². The highest BCUT2D eigenvalue weighted by Crippen LogP contribution is 2.15. The summed E-state index contributed by atoms with van der Waals surface area (Å²) in [4.78, 5) is 0. The number of aliphatic hydroxyl groups excluding tert-OH is 1. The zero-order valence-electron chi connectivity index (χ0n) is 10.3. The Bertz CT molecular complexity index is 516. The molecule has 102 valence electrons. The molecule has 0 saturated carbocycles. The van der Waals surface area contributed by atoms with Gasteiger partial charge in [0.2, 0.25) is 0 Å². The molecular formula is C14H15F2NOS. The van der Waals surface area contributed by atoms with Crippen LogP contribution >= 0.6 is 11.3 Å². The number of benzene rings is 1. The van der Waals surface area contributed by atoms with Crippen molar-refractivity contribution in [3.05, 3.63) is 57.8 Å². The summed E-state index contributed by atoms with van der Waals surface area (Å²) in [5.41, 5.74) is 1.63. The van der Waals surface area contributed by atoms with E-state index in [-0.39, 0.29) is 0 Å². The first-order valence-corrected chi connectivity index (χ1v) is 6.96. The van der Waals surface area contributed by atoms with Crippen LogP contribution in [0.1, 0.15) is 17.2 Å². The predicted octanol–water partition coefficient (Wildman–Crippen LogP) is 2.89. The average molecular weight is 283 g/mol. The second-order valence-electron chi connectivity index (χ2n) is 4.28. The summed E-state index contributed by atoms with van der Waals surface area (Å²) in [7, 11) is 0. The molecular weight excluding hydrogens is 268 g/mol. The molecule has 2 nitrogen and oxygen atoms in total. The fraction of sp³-hybridized carbons (Fsp3) is 0.286. The summed E-state index contributed by atoms with van der Waals surface area (Å²) in [6.07, 6.45) is 0.0474. The number of thiophene rings is 1. The summed E-state index contributed by atoms with van der Waals surface area (Å²) < 4.78 is 25.8. The molecule has 1 unspecified atom stereocenters. The molecule has 0 saturated heterocycles. The van der Waals surface area contributed by atoms with Crippen LogP contribution in [0.25, 0.3) is 0 Å². The molecule has 2 N–H and O–H groups in total. The van der Waals surface area contributed by atoms with E-state index in [0.717, 1.165) is 25.1 Å². The van der Waals surface area contributed by atoms with Gasteiger partial charge in [-0.3, -0.25) is 0 Å². The second-order valence-corrected chi connectivity index (χ2v) is 5.06. The van der Waals surface area contributed by atoms with E-state index in [9.17, 15) is 13.9 Å². The molecule has 2 aromatic rings. The number of halogens is 2. The lowest BCUT2D eigenvalue weighted by atomic mass is 10.1. The average Bonchev–Trinajstić information content (AvgIpc) is 2.91. The lowest BCUT2D eigenvalue weighted by molar-refractivity contribution is 0.174. The molecule has 0 bridgehead atoms. The summed E-state index contributed by atoms with van der Waals surface area (Å²) in [5.74, 6) is -1.84. The standard InChI is InChI=1S/C14H15F2NOS/c15-12-2-1-11(7-13(12)16)14(18)8-17-5-3-10-4-6-19-9-10/h1-2,4,6-7,9,14,17-18H,3,5,8H2. The SMILES string of the molecule is OC(CNCCc1ccsc1)c1ccc(F)c(F)c1. The first-order chi connectivity index (χ1) is 9.16. The van der Waals surface area contributed by atoms with Crippen LogP contribution in [0.3, 0.4) is 0 Å². The third-order valence-electron chi connectivity index (χ3n) is 2.84. The highest BCUT2D eigenvalue weighted by molar-refractivity contribution is 7.07. The van der Waals surface area contributed by atoms with Crippen LogP contribution in [0.5, 0.6) is 0 Å². The molecule has 0 amide bonds. The Balaban J connectivity index is 1.77. The third-order valence-corrected chi connectivity index (χ3v) is 3.57. The summed E-state index contributed by atoms with van der Waals surface area (Å²) in [5, 5.41) is 17.0. The van der Waals surface area contributed by atoms with E-state index in [4.69, 9.17) is 0 Å². The minimum Gasteiger partial charge on any atom is -0.387 e. The Morgan fingerprint density at radius 1 is 1.21 bits per heavy atom. The smallest absolute Gasteiger partial charge is 0.159 e. The van der Waals surface area contributed by atoms with Crippen LogP contribution in [0.15, 0.2) is 35.0 Å². The van der Waals surface area contributed by atoms with Crippen molar-refractivity contribution in [2.24, 2.45) is 0 Å². The molecule has 5 heteroatoms. The van der Waals surface area contributed by atoms with Gasteiger partial charge in [-0.05, 0) is 53.1 Å². The Morgan fingerprint density at radius 3 is 2.74 bits per heavy atom. The molecule has 0 aliphatic rings.